The third-order valence-corrected chi connectivity index (χ3v) is 7.61. The fraction of sp³-hybridized carbons (Fsp3) is 0.250. The Hall–Kier alpha value is -3.44. The maximum absolute atomic E-state index is 13.9. The largest absolute Gasteiger partial charge is 0.433 e. The number of halogens is 4. The van der Waals surface area contributed by atoms with Crippen molar-refractivity contribution in [2.75, 3.05) is 5.32 Å². The molecule has 0 spiro atoms. The Kier molecular flexibility index (Phi) is 6.00. The van der Waals surface area contributed by atoms with Crippen LogP contribution in [0.15, 0.2) is 36.4 Å². The Bertz CT molecular complexity index is 1510. The summed E-state index contributed by atoms with van der Waals surface area (Å²) in [6.45, 7) is 2.09. The molecule has 0 fully saturated rings. The number of fused-ring (bicyclic) bond motifs is 2. The van der Waals surface area contributed by atoms with Gasteiger partial charge in [-0.05, 0) is 36.8 Å². The second kappa shape index (κ2) is 8.90. The summed E-state index contributed by atoms with van der Waals surface area (Å²) >= 11 is 7.59. The van der Waals surface area contributed by atoms with E-state index in [1.54, 1.807) is 30.3 Å². The van der Waals surface area contributed by atoms with E-state index in [9.17, 15) is 22.8 Å². The molecule has 3 heterocycles. The lowest BCUT2D eigenvalue weighted by Gasteiger charge is -2.18. The van der Waals surface area contributed by atoms with E-state index in [2.05, 4.69) is 22.3 Å². The quantitative estimate of drug-likeness (QED) is 0.356. The number of carbonyl (C=O) groups is 2. The summed E-state index contributed by atoms with van der Waals surface area (Å²) < 4.78 is 42.3. The zero-order valence-electron chi connectivity index (χ0n) is 18.8. The Morgan fingerprint density at radius 2 is 1.97 bits per heavy atom. The number of rotatable bonds is 4. The van der Waals surface area contributed by atoms with E-state index in [-0.39, 0.29) is 26.9 Å². The van der Waals surface area contributed by atoms with E-state index in [4.69, 9.17) is 17.3 Å². The van der Waals surface area contributed by atoms with Crippen LogP contribution in [0.3, 0.4) is 0 Å². The van der Waals surface area contributed by atoms with Gasteiger partial charge in [0.2, 0.25) is 0 Å². The zero-order valence-corrected chi connectivity index (χ0v) is 20.4. The summed E-state index contributed by atoms with van der Waals surface area (Å²) in [5.41, 5.74) is 5.19. The molecule has 12 heteroatoms. The van der Waals surface area contributed by atoms with Gasteiger partial charge >= 0.3 is 6.18 Å². The highest BCUT2D eigenvalue weighted by molar-refractivity contribution is 7.17. The molecule has 1 aliphatic rings. The van der Waals surface area contributed by atoms with E-state index in [0.29, 0.717) is 22.4 Å². The first-order valence-corrected chi connectivity index (χ1v) is 12.2. The van der Waals surface area contributed by atoms with Gasteiger partial charge in [0.25, 0.3) is 11.8 Å². The van der Waals surface area contributed by atoms with Gasteiger partial charge in [-0.2, -0.15) is 18.3 Å². The third kappa shape index (κ3) is 4.22. The molecule has 7 nitrogen and oxygen atoms in total. The molecule has 36 heavy (non-hydrogen) atoms. The minimum absolute atomic E-state index is 0.0280. The van der Waals surface area contributed by atoms with Gasteiger partial charge in [-0.3, -0.25) is 9.59 Å². The van der Waals surface area contributed by atoms with E-state index in [1.165, 1.54) is 11.3 Å². The number of nitrogens with two attached hydrogens (primary N) is 1. The topological polar surface area (TPSA) is 102 Å². The van der Waals surface area contributed by atoms with Crippen molar-refractivity contribution in [2.24, 2.45) is 11.7 Å². The zero-order chi connectivity index (χ0) is 25.8. The second-order valence-electron chi connectivity index (χ2n) is 8.66. The second-order valence-corrected chi connectivity index (χ2v) is 10.1. The van der Waals surface area contributed by atoms with E-state index < -0.39 is 29.4 Å². The standard InChI is InChI=1S/C24H19ClF3N5O2S/c1-11-7-8-13-15(9-11)36-23(17(13)20(29)34)31-22(35)19-18(25)21-30-14(12-5-3-2-4-6-12)10-16(24(26,27)28)33(21)32-19/h2-6,10-11H,7-9H2,1H3,(H2,29,34)(H,31,35)/t11-/m0/s1. The van der Waals surface area contributed by atoms with Crippen molar-refractivity contribution in [1.29, 1.82) is 0 Å². The number of benzene rings is 1. The predicted molar refractivity (Wildman–Crippen MR) is 130 cm³/mol. The minimum Gasteiger partial charge on any atom is -0.365 e. The van der Waals surface area contributed by atoms with Crippen LogP contribution >= 0.6 is 22.9 Å². The number of anilines is 1. The number of alkyl halides is 3. The Morgan fingerprint density at radius 3 is 2.64 bits per heavy atom. The molecule has 1 aromatic carbocycles. The first-order chi connectivity index (χ1) is 17.0. The van der Waals surface area contributed by atoms with E-state index in [0.717, 1.165) is 29.3 Å². The van der Waals surface area contributed by atoms with Crippen LogP contribution in [0.25, 0.3) is 16.9 Å². The monoisotopic (exact) mass is 533 g/mol. The molecule has 0 bridgehead atoms. The van der Waals surface area contributed by atoms with Gasteiger partial charge < -0.3 is 11.1 Å². The lowest BCUT2D eigenvalue weighted by Crippen LogP contribution is -2.20. The number of hydrogen-bond donors (Lipinski definition) is 2. The lowest BCUT2D eigenvalue weighted by molar-refractivity contribution is -0.142. The van der Waals surface area contributed by atoms with E-state index >= 15 is 0 Å². The SMILES string of the molecule is C[C@H]1CCc2c(sc(NC(=O)c3nn4c(C(F)(F)F)cc(-c5ccccc5)nc4c3Cl)c2C(N)=O)C1. The van der Waals surface area contributed by atoms with Crippen LogP contribution in [0.1, 0.15) is 50.3 Å². The molecule has 0 aliphatic heterocycles. The van der Waals surface area contributed by atoms with Crippen LogP contribution < -0.4 is 11.1 Å². The molecular weight excluding hydrogens is 515 g/mol. The summed E-state index contributed by atoms with van der Waals surface area (Å²) in [5, 5.41) is 6.34. The lowest BCUT2D eigenvalue weighted by atomic mass is 9.88. The highest BCUT2D eigenvalue weighted by Gasteiger charge is 2.37. The van der Waals surface area contributed by atoms with Crippen LogP contribution in [0.2, 0.25) is 5.02 Å². The average Bonchev–Trinajstić information content (AvgIpc) is 3.35. The number of thiophene rings is 1. The summed E-state index contributed by atoms with van der Waals surface area (Å²) in [5.74, 6) is -1.14. The van der Waals surface area contributed by atoms with Gasteiger partial charge in [0.1, 0.15) is 10.0 Å². The number of nitrogens with zero attached hydrogens (tertiary/aromatic N) is 3. The van der Waals surface area contributed by atoms with Crippen LogP contribution in [-0.4, -0.2) is 26.4 Å². The van der Waals surface area contributed by atoms with Crippen molar-refractivity contribution >= 4 is 45.4 Å². The molecule has 0 radical (unpaired) electrons. The van der Waals surface area contributed by atoms with Gasteiger partial charge in [0.15, 0.2) is 17.0 Å². The molecule has 0 unspecified atom stereocenters. The molecule has 3 N–H and O–H groups in total. The summed E-state index contributed by atoms with van der Waals surface area (Å²) in [4.78, 5) is 30.5. The Labute approximate surface area is 212 Å². The number of carbonyl (C=O) groups excluding carboxylic acids is 2. The first-order valence-electron chi connectivity index (χ1n) is 11.0. The Morgan fingerprint density at radius 1 is 1.25 bits per heavy atom. The fourth-order valence-electron chi connectivity index (χ4n) is 4.36. The number of amides is 2. The fourth-order valence-corrected chi connectivity index (χ4v) is 6.01. The first kappa shape index (κ1) is 24.3. The van der Waals surface area contributed by atoms with Crippen LogP contribution in [0, 0.1) is 5.92 Å². The van der Waals surface area contributed by atoms with E-state index in [1.807, 2.05) is 0 Å². The number of aromatic nitrogens is 3. The van der Waals surface area contributed by atoms with Crippen molar-refractivity contribution < 1.29 is 22.8 Å². The molecule has 0 saturated heterocycles. The van der Waals surface area contributed by atoms with Gasteiger partial charge in [-0.15, -0.1) is 11.3 Å². The maximum atomic E-state index is 13.9. The van der Waals surface area contributed by atoms with Crippen molar-refractivity contribution in [2.45, 2.75) is 32.4 Å². The predicted octanol–water partition coefficient (Wildman–Crippen LogP) is 5.61. The molecule has 0 saturated carbocycles. The average molecular weight is 534 g/mol. The van der Waals surface area contributed by atoms with Crippen molar-refractivity contribution in [3.8, 4) is 11.3 Å². The molecular formula is C24H19ClF3N5O2S. The molecule has 3 aromatic heterocycles. The van der Waals surface area contributed by atoms with Crippen LogP contribution in [0.5, 0.6) is 0 Å². The van der Waals surface area contributed by atoms with Crippen molar-refractivity contribution in [3.05, 3.63) is 68.8 Å². The number of primary amides is 1. The molecule has 5 rings (SSSR count). The van der Waals surface area contributed by atoms with Crippen molar-refractivity contribution in [3.63, 3.8) is 0 Å². The normalized spacial score (nSPS) is 15.6. The third-order valence-electron chi connectivity index (χ3n) is 6.09. The van der Waals surface area contributed by atoms with Crippen molar-refractivity contribution in [1.82, 2.24) is 14.6 Å². The van der Waals surface area contributed by atoms with Gasteiger partial charge in [-0.25, -0.2) is 9.50 Å². The molecule has 2 amide bonds. The maximum Gasteiger partial charge on any atom is 0.433 e. The summed E-state index contributed by atoms with van der Waals surface area (Å²) in [6.07, 6.45) is -2.52. The van der Waals surface area contributed by atoms with Crippen LogP contribution in [0.4, 0.5) is 18.2 Å². The smallest absolute Gasteiger partial charge is 0.365 e. The van der Waals surface area contributed by atoms with Gasteiger partial charge in [0, 0.05) is 10.4 Å². The summed E-state index contributed by atoms with van der Waals surface area (Å²) in [6, 6.07) is 9.15. The van der Waals surface area contributed by atoms with Gasteiger partial charge in [-0.1, -0.05) is 48.9 Å². The molecule has 1 aliphatic carbocycles. The number of hydrogen-bond acceptors (Lipinski definition) is 5. The Balaban J connectivity index is 1.59. The van der Waals surface area contributed by atoms with Crippen LogP contribution in [-0.2, 0) is 19.0 Å². The highest BCUT2D eigenvalue weighted by atomic mass is 35.5. The van der Waals surface area contributed by atoms with Gasteiger partial charge in [0.05, 0.1) is 11.3 Å². The minimum atomic E-state index is -4.80. The molecule has 4 aromatic rings. The molecule has 186 valence electrons. The molecule has 1 atom stereocenters. The highest BCUT2D eigenvalue weighted by Crippen LogP contribution is 2.40. The number of nitrogens with one attached hydrogen (secondary N) is 1. The summed E-state index contributed by atoms with van der Waals surface area (Å²) in [7, 11) is 0.